The lowest BCUT2D eigenvalue weighted by Gasteiger charge is -2.02. The monoisotopic (exact) mass is 398 g/mol. The maximum Gasteiger partial charge on any atom is 0.185 e. The molecule has 0 bridgehead atoms. The highest BCUT2D eigenvalue weighted by Gasteiger charge is 2.11. The average Bonchev–Trinajstić information content (AvgIpc) is 3.23. The lowest BCUT2D eigenvalue weighted by Crippen LogP contribution is -1.94. The molecule has 0 saturated heterocycles. The van der Waals surface area contributed by atoms with Crippen LogP contribution in [0, 0.1) is 5.82 Å². The highest BCUT2D eigenvalue weighted by molar-refractivity contribution is 6.07. The predicted molar refractivity (Wildman–Crippen MR) is 115 cm³/mol. The standard InChI is InChI=1S/C25H19FN2O2/c1-30-23-14-9-19(10-15-23)25-20(17-28(27-25)22-5-3-2-4-6-22)11-16-24(29)18-7-12-21(26)13-8-18/h2-17H,1H3. The fraction of sp³-hybridized carbons (Fsp3) is 0.0400. The third-order valence-corrected chi connectivity index (χ3v) is 4.67. The summed E-state index contributed by atoms with van der Waals surface area (Å²) in [5.41, 5.74) is 3.77. The summed E-state index contributed by atoms with van der Waals surface area (Å²) in [4.78, 5) is 12.5. The lowest BCUT2D eigenvalue weighted by atomic mass is 10.1. The first-order valence-electron chi connectivity index (χ1n) is 9.41. The molecule has 4 aromatic rings. The van der Waals surface area contributed by atoms with E-state index in [1.54, 1.807) is 17.9 Å². The van der Waals surface area contributed by atoms with Crippen LogP contribution in [0.4, 0.5) is 4.39 Å². The van der Waals surface area contributed by atoms with E-state index in [-0.39, 0.29) is 11.6 Å². The second-order valence-electron chi connectivity index (χ2n) is 6.65. The van der Waals surface area contributed by atoms with Crippen molar-refractivity contribution < 1.29 is 13.9 Å². The van der Waals surface area contributed by atoms with Gasteiger partial charge in [-0.25, -0.2) is 9.07 Å². The number of halogens is 1. The van der Waals surface area contributed by atoms with Gasteiger partial charge in [0.25, 0.3) is 0 Å². The maximum atomic E-state index is 13.1. The van der Waals surface area contributed by atoms with Crippen LogP contribution in [0.1, 0.15) is 15.9 Å². The molecule has 0 atom stereocenters. The maximum absolute atomic E-state index is 13.1. The average molecular weight is 398 g/mol. The van der Waals surface area contributed by atoms with Crippen molar-refractivity contribution in [1.29, 1.82) is 0 Å². The van der Waals surface area contributed by atoms with Crippen molar-refractivity contribution >= 4 is 11.9 Å². The molecule has 0 amide bonds. The van der Waals surface area contributed by atoms with Gasteiger partial charge in [-0.05, 0) is 72.8 Å². The number of ether oxygens (including phenoxy) is 1. The minimum absolute atomic E-state index is 0.205. The van der Waals surface area contributed by atoms with Crippen LogP contribution in [0.2, 0.25) is 0 Å². The molecule has 0 radical (unpaired) electrons. The first-order chi connectivity index (χ1) is 14.6. The molecule has 0 aliphatic carbocycles. The third kappa shape index (κ3) is 4.20. The molecule has 30 heavy (non-hydrogen) atoms. The summed E-state index contributed by atoms with van der Waals surface area (Å²) in [5, 5.41) is 4.73. The Labute approximate surface area is 173 Å². The molecule has 3 aromatic carbocycles. The molecule has 4 nitrogen and oxygen atoms in total. The lowest BCUT2D eigenvalue weighted by molar-refractivity contribution is 0.104. The topological polar surface area (TPSA) is 44.1 Å². The van der Waals surface area contributed by atoms with Gasteiger partial charge in [0, 0.05) is 22.9 Å². The van der Waals surface area contributed by atoms with Crippen LogP contribution in [-0.4, -0.2) is 22.7 Å². The quantitative estimate of drug-likeness (QED) is 0.314. The minimum Gasteiger partial charge on any atom is -0.497 e. The van der Waals surface area contributed by atoms with Crippen LogP contribution in [0.25, 0.3) is 23.0 Å². The number of hydrogen-bond acceptors (Lipinski definition) is 3. The number of para-hydroxylation sites is 1. The van der Waals surface area contributed by atoms with E-state index in [4.69, 9.17) is 9.84 Å². The minimum atomic E-state index is -0.374. The fourth-order valence-corrected chi connectivity index (χ4v) is 3.07. The van der Waals surface area contributed by atoms with Gasteiger partial charge in [-0.3, -0.25) is 4.79 Å². The Morgan fingerprint density at radius 2 is 1.67 bits per heavy atom. The summed E-state index contributed by atoms with van der Waals surface area (Å²) in [6.07, 6.45) is 5.09. The molecule has 1 aromatic heterocycles. The van der Waals surface area contributed by atoms with Crippen LogP contribution < -0.4 is 4.74 Å². The van der Waals surface area contributed by atoms with Crippen LogP contribution in [0.3, 0.4) is 0 Å². The van der Waals surface area contributed by atoms with Crippen LogP contribution >= 0.6 is 0 Å². The number of benzene rings is 3. The van der Waals surface area contributed by atoms with Gasteiger partial charge < -0.3 is 4.74 Å². The molecule has 0 spiro atoms. The number of rotatable bonds is 6. The van der Waals surface area contributed by atoms with Gasteiger partial charge in [0.2, 0.25) is 0 Å². The number of nitrogens with zero attached hydrogens (tertiary/aromatic N) is 2. The summed E-state index contributed by atoms with van der Waals surface area (Å²) >= 11 is 0. The number of ketones is 1. The van der Waals surface area contributed by atoms with Crippen molar-refractivity contribution in [3.05, 3.63) is 108 Å². The van der Waals surface area contributed by atoms with Gasteiger partial charge in [-0.15, -0.1) is 0 Å². The molecule has 1 heterocycles. The molecule has 5 heteroatoms. The molecule has 0 aliphatic heterocycles. The number of aromatic nitrogens is 2. The molecule has 0 fully saturated rings. The Kier molecular flexibility index (Phi) is 5.52. The van der Waals surface area contributed by atoms with Gasteiger partial charge in [-0.1, -0.05) is 18.2 Å². The first kappa shape index (κ1) is 19.3. The summed E-state index contributed by atoms with van der Waals surface area (Å²) in [7, 11) is 1.62. The molecule has 4 rings (SSSR count). The summed E-state index contributed by atoms with van der Waals surface area (Å²) in [6, 6.07) is 22.8. The number of carbonyl (C=O) groups is 1. The molecular formula is C25H19FN2O2. The van der Waals surface area contributed by atoms with E-state index in [0.717, 1.165) is 28.3 Å². The van der Waals surface area contributed by atoms with E-state index in [2.05, 4.69) is 0 Å². The molecular weight excluding hydrogens is 379 g/mol. The highest BCUT2D eigenvalue weighted by Crippen LogP contribution is 2.27. The van der Waals surface area contributed by atoms with Gasteiger partial charge in [-0.2, -0.15) is 5.10 Å². The zero-order chi connectivity index (χ0) is 20.9. The van der Waals surface area contributed by atoms with Crippen LogP contribution in [0.5, 0.6) is 5.75 Å². The Balaban J connectivity index is 1.71. The number of methoxy groups -OCH3 is 1. The van der Waals surface area contributed by atoms with E-state index in [9.17, 15) is 9.18 Å². The van der Waals surface area contributed by atoms with Crippen molar-refractivity contribution in [2.24, 2.45) is 0 Å². The van der Waals surface area contributed by atoms with Gasteiger partial charge >= 0.3 is 0 Å². The van der Waals surface area contributed by atoms with E-state index >= 15 is 0 Å². The zero-order valence-corrected chi connectivity index (χ0v) is 16.3. The molecule has 148 valence electrons. The van der Waals surface area contributed by atoms with Gasteiger partial charge in [0.1, 0.15) is 11.6 Å². The third-order valence-electron chi connectivity index (χ3n) is 4.67. The van der Waals surface area contributed by atoms with Crippen molar-refractivity contribution in [3.8, 4) is 22.7 Å². The Hall–Kier alpha value is -3.99. The largest absolute Gasteiger partial charge is 0.497 e. The first-order valence-corrected chi connectivity index (χ1v) is 9.41. The second kappa shape index (κ2) is 8.57. The van der Waals surface area contributed by atoms with Crippen molar-refractivity contribution in [2.75, 3.05) is 7.11 Å². The smallest absolute Gasteiger partial charge is 0.185 e. The summed E-state index contributed by atoms with van der Waals surface area (Å²) < 4.78 is 20.1. The fourth-order valence-electron chi connectivity index (χ4n) is 3.07. The Bertz CT molecular complexity index is 1180. The number of hydrogen-bond donors (Lipinski definition) is 0. The van der Waals surface area contributed by atoms with Crippen LogP contribution in [0.15, 0.2) is 91.1 Å². The zero-order valence-electron chi connectivity index (χ0n) is 16.3. The van der Waals surface area contributed by atoms with Crippen LogP contribution in [-0.2, 0) is 0 Å². The van der Waals surface area contributed by atoms with E-state index in [0.29, 0.717) is 5.56 Å². The molecule has 0 N–H and O–H groups in total. The summed E-state index contributed by atoms with van der Waals surface area (Å²) in [5.74, 6) is 0.175. The van der Waals surface area contributed by atoms with E-state index in [1.165, 1.54) is 30.3 Å². The Morgan fingerprint density at radius 1 is 0.967 bits per heavy atom. The molecule has 0 saturated carbocycles. The predicted octanol–water partition coefficient (Wildman–Crippen LogP) is 5.58. The Morgan fingerprint density at radius 3 is 2.33 bits per heavy atom. The number of carbonyl (C=O) groups excluding carboxylic acids is 1. The van der Waals surface area contributed by atoms with E-state index in [1.807, 2.05) is 60.8 Å². The molecule has 0 unspecified atom stereocenters. The van der Waals surface area contributed by atoms with Crippen molar-refractivity contribution in [3.63, 3.8) is 0 Å². The SMILES string of the molecule is COc1ccc(-c2nn(-c3ccccc3)cc2C=CC(=O)c2ccc(F)cc2)cc1. The second-order valence-corrected chi connectivity index (χ2v) is 6.65. The molecule has 0 aliphatic rings. The van der Waals surface area contributed by atoms with Gasteiger partial charge in [0.05, 0.1) is 18.5 Å². The van der Waals surface area contributed by atoms with E-state index < -0.39 is 0 Å². The van der Waals surface area contributed by atoms with Crippen molar-refractivity contribution in [1.82, 2.24) is 9.78 Å². The van der Waals surface area contributed by atoms with Gasteiger partial charge in [0.15, 0.2) is 5.78 Å². The normalized spacial score (nSPS) is 11.0. The number of allylic oxidation sites excluding steroid dienone is 1. The van der Waals surface area contributed by atoms with Crippen molar-refractivity contribution in [2.45, 2.75) is 0 Å². The summed E-state index contributed by atoms with van der Waals surface area (Å²) in [6.45, 7) is 0. The highest BCUT2D eigenvalue weighted by atomic mass is 19.1.